The fourth-order valence-corrected chi connectivity index (χ4v) is 1.00. The number of rotatable bonds is 2. The fourth-order valence-electron chi connectivity index (χ4n) is 0.860. The highest BCUT2D eigenvalue weighted by molar-refractivity contribution is 6.68. The van der Waals surface area contributed by atoms with Gasteiger partial charge in [0.1, 0.15) is 5.76 Å². The molecular formula is C7H7ClN2O2. The van der Waals surface area contributed by atoms with Crippen LogP contribution < -0.4 is 5.73 Å². The molecule has 0 fully saturated rings. The fraction of sp³-hybridized carbons (Fsp3) is 0.143. The van der Waals surface area contributed by atoms with Crippen molar-refractivity contribution in [3.63, 3.8) is 0 Å². The number of hydrogen-bond acceptors (Lipinski definition) is 3. The van der Waals surface area contributed by atoms with Gasteiger partial charge in [0.15, 0.2) is 10.9 Å². The number of carbonyl (C=O) groups excluding carboxylic acids is 1. The van der Waals surface area contributed by atoms with Crippen LogP contribution in [0.25, 0.3) is 0 Å². The lowest BCUT2D eigenvalue weighted by Crippen LogP contribution is -2.12. The van der Waals surface area contributed by atoms with Crippen LogP contribution in [-0.2, 0) is 0 Å². The summed E-state index contributed by atoms with van der Waals surface area (Å²) in [4.78, 5) is 10.7. The van der Waals surface area contributed by atoms with Crippen LogP contribution in [-0.4, -0.2) is 11.1 Å². The van der Waals surface area contributed by atoms with Crippen LogP contribution in [0.4, 0.5) is 0 Å². The molecule has 0 saturated carbocycles. The number of hydrogen-bond donors (Lipinski definition) is 2. The maximum atomic E-state index is 10.7. The molecule has 12 heavy (non-hydrogen) atoms. The van der Waals surface area contributed by atoms with Gasteiger partial charge in [-0.05, 0) is 13.0 Å². The summed E-state index contributed by atoms with van der Waals surface area (Å²) in [6.45, 7) is 1.65. The Morgan fingerprint density at radius 2 is 2.33 bits per heavy atom. The Morgan fingerprint density at radius 1 is 1.75 bits per heavy atom. The molecule has 1 amide bonds. The molecule has 1 aromatic rings. The Balaban J connectivity index is 3.26. The minimum atomic E-state index is -0.646. The second-order valence-electron chi connectivity index (χ2n) is 2.28. The van der Waals surface area contributed by atoms with Crippen LogP contribution >= 0.6 is 11.6 Å². The summed E-state index contributed by atoms with van der Waals surface area (Å²) in [7, 11) is 0. The summed E-state index contributed by atoms with van der Waals surface area (Å²) in [5.74, 6) is -0.113. The number of amides is 1. The van der Waals surface area contributed by atoms with Gasteiger partial charge in [-0.25, -0.2) is 0 Å². The maximum absolute atomic E-state index is 10.7. The number of furan rings is 1. The molecule has 0 bridgehead atoms. The SMILES string of the molecule is Cc1cc(C(N)=O)c(C(=N)Cl)o1. The normalized spacial score (nSPS) is 9.83. The molecule has 0 radical (unpaired) electrons. The zero-order valence-corrected chi connectivity index (χ0v) is 7.11. The first-order chi connectivity index (χ1) is 5.52. The second kappa shape index (κ2) is 2.98. The molecular weight excluding hydrogens is 180 g/mol. The molecule has 5 heteroatoms. The van der Waals surface area contributed by atoms with Crippen LogP contribution in [0.1, 0.15) is 21.9 Å². The van der Waals surface area contributed by atoms with Gasteiger partial charge in [0, 0.05) is 0 Å². The van der Waals surface area contributed by atoms with Gasteiger partial charge in [0.25, 0.3) is 5.91 Å². The Hall–Kier alpha value is -1.29. The first kappa shape index (κ1) is 8.80. The van der Waals surface area contributed by atoms with E-state index in [2.05, 4.69) is 0 Å². The van der Waals surface area contributed by atoms with Gasteiger partial charge in [0.05, 0.1) is 5.56 Å². The van der Waals surface area contributed by atoms with Gasteiger partial charge >= 0.3 is 0 Å². The summed E-state index contributed by atoms with van der Waals surface area (Å²) in [5, 5.41) is 6.72. The third-order valence-electron chi connectivity index (χ3n) is 1.32. The molecule has 1 aromatic heterocycles. The van der Waals surface area contributed by atoms with E-state index < -0.39 is 5.91 Å². The van der Waals surface area contributed by atoms with E-state index in [1.165, 1.54) is 6.07 Å². The smallest absolute Gasteiger partial charge is 0.252 e. The summed E-state index contributed by atoms with van der Waals surface area (Å²) in [6, 6.07) is 1.45. The van der Waals surface area contributed by atoms with E-state index in [1.807, 2.05) is 0 Å². The van der Waals surface area contributed by atoms with E-state index in [0.29, 0.717) is 5.76 Å². The monoisotopic (exact) mass is 186 g/mol. The molecule has 0 aromatic carbocycles. The van der Waals surface area contributed by atoms with Crippen LogP contribution in [0.5, 0.6) is 0 Å². The van der Waals surface area contributed by atoms with Gasteiger partial charge in [0.2, 0.25) is 0 Å². The molecule has 0 aliphatic carbocycles. The number of nitrogens with two attached hydrogens (primary N) is 1. The predicted octanol–water partition coefficient (Wildman–Crippen LogP) is 1.25. The average molecular weight is 187 g/mol. The Morgan fingerprint density at radius 3 is 2.67 bits per heavy atom. The van der Waals surface area contributed by atoms with Crippen LogP contribution in [0, 0.1) is 12.3 Å². The van der Waals surface area contributed by atoms with Crippen molar-refractivity contribution in [1.82, 2.24) is 0 Å². The molecule has 0 aliphatic rings. The predicted molar refractivity (Wildman–Crippen MR) is 44.6 cm³/mol. The molecule has 0 atom stereocenters. The largest absolute Gasteiger partial charge is 0.458 e. The summed E-state index contributed by atoms with van der Waals surface area (Å²) >= 11 is 5.35. The highest BCUT2D eigenvalue weighted by atomic mass is 35.5. The van der Waals surface area contributed by atoms with Crippen molar-refractivity contribution in [2.75, 3.05) is 0 Å². The maximum Gasteiger partial charge on any atom is 0.252 e. The molecule has 4 nitrogen and oxygen atoms in total. The minimum Gasteiger partial charge on any atom is -0.458 e. The van der Waals surface area contributed by atoms with Crippen molar-refractivity contribution in [3.05, 3.63) is 23.2 Å². The first-order valence-electron chi connectivity index (χ1n) is 3.17. The average Bonchev–Trinajstić information content (AvgIpc) is 2.31. The number of carbonyl (C=O) groups is 1. The number of aryl methyl sites for hydroxylation is 1. The van der Waals surface area contributed by atoms with E-state index in [-0.39, 0.29) is 16.5 Å². The van der Waals surface area contributed by atoms with E-state index in [9.17, 15) is 4.79 Å². The summed E-state index contributed by atoms with van der Waals surface area (Å²) in [6.07, 6.45) is 0. The number of primary amides is 1. The second-order valence-corrected chi connectivity index (χ2v) is 2.66. The lowest BCUT2D eigenvalue weighted by Gasteiger charge is -1.91. The molecule has 0 aliphatic heterocycles. The van der Waals surface area contributed by atoms with E-state index >= 15 is 0 Å². The lowest BCUT2D eigenvalue weighted by atomic mass is 10.2. The number of halogens is 1. The van der Waals surface area contributed by atoms with Crippen molar-refractivity contribution in [2.24, 2.45) is 5.73 Å². The Bertz CT molecular complexity index is 312. The van der Waals surface area contributed by atoms with Crippen molar-refractivity contribution in [2.45, 2.75) is 6.92 Å². The molecule has 0 saturated heterocycles. The third-order valence-corrected chi connectivity index (χ3v) is 1.49. The minimum absolute atomic E-state index is 0.0293. The van der Waals surface area contributed by atoms with Crippen LogP contribution in [0.15, 0.2) is 10.5 Å². The van der Waals surface area contributed by atoms with Crippen molar-refractivity contribution >= 4 is 22.7 Å². The van der Waals surface area contributed by atoms with Crippen molar-refractivity contribution < 1.29 is 9.21 Å². The summed E-state index contributed by atoms with van der Waals surface area (Å²) < 4.78 is 4.98. The Kier molecular flexibility index (Phi) is 2.19. The molecule has 64 valence electrons. The summed E-state index contributed by atoms with van der Waals surface area (Å²) in [5.41, 5.74) is 5.16. The van der Waals surface area contributed by atoms with Crippen LogP contribution in [0.2, 0.25) is 0 Å². The van der Waals surface area contributed by atoms with Gasteiger partial charge in [-0.2, -0.15) is 0 Å². The van der Waals surface area contributed by atoms with Crippen molar-refractivity contribution in [1.29, 1.82) is 5.41 Å². The first-order valence-corrected chi connectivity index (χ1v) is 3.55. The standard InChI is InChI=1S/C7H7ClN2O2/c1-3-2-4(7(10)11)5(12-3)6(8)9/h2,9H,1H3,(H2,10,11). The molecule has 1 heterocycles. The highest BCUT2D eigenvalue weighted by Gasteiger charge is 2.16. The molecule has 0 spiro atoms. The molecule has 3 N–H and O–H groups in total. The van der Waals surface area contributed by atoms with Gasteiger partial charge < -0.3 is 10.2 Å². The highest BCUT2D eigenvalue weighted by Crippen LogP contribution is 2.16. The zero-order valence-electron chi connectivity index (χ0n) is 6.35. The lowest BCUT2D eigenvalue weighted by molar-refractivity contribution is 0.0999. The Labute approximate surface area is 73.8 Å². The van der Waals surface area contributed by atoms with E-state index in [1.54, 1.807) is 6.92 Å². The van der Waals surface area contributed by atoms with E-state index in [0.717, 1.165) is 0 Å². The topological polar surface area (TPSA) is 80.1 Å². The quantitative estimate of drug-likeness (QED) is 0.682. The molecule has 1 rings (SSSR count). The van der Waals surface area contributed by atoms with E-state index in [4.69, 9.17) is 27.2 Å². The third kappa shape index (κ3) is 1.48. The zero-order chi connectivity index (χ0) is 9.30. The number of nitrogens with one attached hydrogen (secondary N) is 1. The van der Waals surface area contributed by atoms with Gasteiger partial charge in [-0.3, -0.25) is 10.2 Å². The van der Waals surface area contributed by atoms with Crippen LogP contribution in [0.3, 0.4) is 0 Å². The molecule has 0 unspecified atom stereocenters. The van der Waals surface area contributed by atoms with Gasteiger partial charge in [-0.1, -0.05) is 11.6 Å². The van der Waals surface area contributed by atoms with Gasteiger partial charge in [-0.15, -0.1) is 0 Å². The van der Waals surface area contributed by atoms with Crippen molar-refractivity contribution in [3.8, 4) is 0 Å².